The van der Waals surface area contributed by atoms with Gasteiger partial charge in [0.2, 0.25) is 0 Å². The molecule has 0 aliphatic carbocycles. The van der Waals surface area contributed by atoms with E-state index in [9.17, 15) is 4.39 Å². The Hall–Kier alpha value is -1.97. The highest BCUT2D eigenvalue weighted by atomic mass is 19.1. The first kappa shape index (κ1) is 12.5. The molecule has 0 amide bonds. The zero-order valence-corrected chi connectivity index (χ0v) is 10.6. The van der Waals surface area contributed by atoms with Gasteiger partial charge in [-0.25, -0.2) is 9.37 Å². The van der Waals surface area contributed by atoms with E-state index >= 15 is 0 Å². The highest BCUT2D eigenvalue weighted by Crippen LogP contribution is 2.22. The van der Waals surface area contributed by atoms with Gasteiger partial charge >= 0.3 is 0 Å². The molecule has 0 atom stereocenters. The maximum absolute atomic E-state index is 13.8. The lowest BCUT2D eigenvalue weighted by Gasteiger charge is -2.07. The topological polar surface area (TPSA) is 37.8 Å². The highest BCUT2D eigenvalue weighted by Gasteiger charge is 2.07. The molecular weight excluding hydrogens is 229 g/mol. The van der Waals surface area contributed by atoms with Gasteiger partial charge in [0.1, 0.15) is 11.6 Å². The average molecular weight is 245 g/mol. The lowest BCUT2D eigenvalue weighted by Crippen LogP contribution is -2.03. The number of nitrogens with one attached hydrogen (secondary N) is 1. The fraction of sp³-hybridized carbons (Fsp3) is 0.286. The zero-order chi connectivity index (χ0) is 13.0. The fourth-order valence-electron chi connectivity index (χ4n) is 1.67. The zero-order valence-electron chi connectivity index (χ0n) is 10.6. The van der Waals surface area contributed by atoms with Crippen LogP contribution in [0.3, 0.4) is 0 Å². The molecule has 4 heteroatoms. The van der Waals surface area contributed by atoms with Gasteiger partial charge in [0.05, 0.1) is 18.1 Å². The summed E-state index contributed by atoms with van der Waals surface area (Å²) in [6.07, 6.45) is 4.23. The smallest absolute Gasteiger partial charge is 0.145 e. The van der Waals surface area contributed by atoms with Crippen molar-refractivity contribution in [2.75, 3.05) is 11.9 Å². The van der Waals surface area contributed by atoms with Gasteiger partial charge < -0.3 is 5.32 Å². The summed E-state index contributed by atoms with van der Waals surface area (Å²) in [5.74, 6) is 0.401. The predicted molar refractivity (Wildman–Crippen MR) is 70.9 cm³/mol. The molecule has 2 aromatic rings. The van der Waals surface area contributed by atoms with E-state index in [4.69, 9.17) is 0 Å². The summed E-state index contributed by atoms with van der Waals surface area (Å²) in [6.45, 7) is 4.83. The summed E-state index contributed by atoms with van der Waals surface area (Å²) in [5, 5.41) is 3.14. The van der Waals surface area contributed by atoms with Gasteiger partial charge in [-0.05, 0) is 25.5 Å². The quantitative estimate of drug-likeness (QED) is 0.897. The van der Waals surface area contributed by atoms with Crippen LogP contribution in [0.1, 0.15) is 18.9 Å². The molecule has 1 aromatic heterocycles. The first-order valence-corrected chi connectivity index (χ1v) is 6.03. The van der Waals surface area contributed by atoms with E-state index in [1.165, 1.54) is 6.07 Å². The second-order valence-corrected chi connectivity index (χ2v) is 4.20. The first-order valence-electron chi connectivity index (χ1n) is 6.03. The Kier molecular flexibility index (Phi) is 3.87. The largest absolute Gasteiger partial charge is 0.369 e. The number of aryl methyl sites for hydroxylation is 1. The summed E-state index contributed by atoms with van der Waals surface area (Å²) in [6, 6.07) is 4.98. The minimum absolute atomic E-state index is 0.275. The number of anilines is 1. The normalized spacial score (nSPS) is 10.4. The number of nitrogens with zero attached hydrogens (tertiary/aromatic N) is 2. The molecule has 0 unspecified atom stereocenters. The van der Waals surface area contributed by atoms with E-state index in [2.05, 4.69) is 22.2 Å². The number of rotatable bonds is 4. The molecule has 1 N–H and O–H groups in total. The van der Waals surface area contributed by atoms with Crippen molar-refractivity contribution in [3.05, 3.63) is 42.0 Å². The predicted octanol–water partition coefficient (Wildman–Crippen LogP) is 3.41. The summed E-state index contributed by atoms with van der Waals surface area (Å²) < 4.78 is 13.8. The van der Waals surface area contributed by atoms with Crippen LogP contribution in [0.15, 0.2) is 30.6 Å². The number of hydrogen-bond acceptors (Lipinski definition) is 3. The summed E-state index contributed by atoms with van der Waals surface area (Å²) in [5.41, 5.74) is 2.04. The van der Waals surface area contributed by atoms with Crippen LogP contribution in [-0.2, 0) is 0 Å². The summed E-state index contributed by atoms with van der Waals surface area (Å²) in [4.78, 5) is 8.46. The van der Waals surface area contributed by atoms with Crippen LogP contribution in [0.2, 0.25) is 0 Å². The monoisotopic (exact) mass is 245 g/mol. The van der Waals surface area contributed by atoms with Gasteiger partial charge in [-0.1, -0.05) is 18.6 Å². The van der Waals surface area contributed by atoms with E-state index in [1.54, 1.807) is 24.5 Å². The van der Waals surface area contributed by atoms with Crippen molar-refractivity contribution in [2.24, 2.45) is 0 Å². The number of benzene rings is 1. The van der Waals surface area contributed by atoms with Gasteiger partial charge in [0.25, 0.3) is 0 Å². The SMILES string of the molecule is CCCNc1cncc(-c2cc(C)ccc2F)n1. The first-order chi connectivity index (χ1) is 8.70. The van der Waals surface area contributed by atoms with Crippen molar-refractivity contribution in [3.63, 3.8) is 0 Å². The van der Waals surface area contributed by atoms with Crippen LogP contribution in [0.25, 0.3) is 11.3 Å². The van der Waals surface area contributed by atoms with Gasteiger partial charge in [-0.15, -0.1) is 0 Å². The van der Waals surface area contributed by atoms with Crippen LogP contribution < -0.4 is 5.32 Å². The van der Waals surface area contributed by atoms with Crippen LogP contribution in [0.4, 0.5) is 10.2 Å². The Bertz CT molecular complexity index is 540. The van der Waals surface area contributed by atoms with Crippen LogP contribution in [-0.4, -0.2) is 16.5 Å². The summed E-state index contributed by atoms with van der Waals surface area (Å²) >= 11 is 0. The molecule has 0 spiro atoms. The maximum atomic E-state index is 13.8. The Morgan fingerprint density at radius 3 is 2.89 bits per heavy atom. The Morgan fingerprint density at radius 1 is 1.28 bits per heavy atom. The van der Waals surface area contributed by atoms with Gasteiger partial charge in [0, 0.05) is 12.1 Å². The molecule has 18 heavy (non-hydrogen) atoms. The average Bonchev–Trinajstić information content (AvgIpc) is 2.39. The van der Waals surface area contributed by atoms with E-state index in [1.807, 2.05) is 6.92 Å². The molecule has 94 valence electrons. The van der Waals surface area contributed by atoms with Crippen molar-refractivity contribution in [2.45, 2.75) is 20.3 Å². The Morgan fingerprint density at radius 2 is 2.11 bits per heavy atom. The van der Waals surface area contributed by atoms with Crippen molar-refractivity contribution in [1.82, 2.24) is 9.97 Å². The Balaban J connectivity index is 2.35. The molecule has 2 rings (SSSR count). The van der Waals surface area contributed by atoms with Crippen molar-refractivity contribution >= 4 is 5.82 Å². The molecule has 0 saturated carbocycles. The second-order valence-electron chi connectivity index (χ2n) is 4.20. The third-order valence-electron chi connectivity index (χ3n) is 2.59. The molecule has 3 nitrogen and oxygen atoms in total. The summed E-state index contributed by atoms with van der Waals surface area (Å²) in [7, 11) is 0. The van der Waals surface area contributed by atoms with Gasteiger partial charge in [0.15, 0.2) is 0 Å². The van der Waals surface area contributed by atoms with Crippen LogP contribution in [0, 0.1) is 12.7 Å². The molecular formula is C14H16FN3. The molecule has 0 saturated heterocycles. The molecule has 0 radical (unpaired) electrons. The fourth-order valence-corrected chi connectivity index (χ4v) is 1.67. The maximum Gasteiger partial charge on any atom is 0.145 e. The van der Waals surface area contributed by atoms with Crippen LogP contribution in [0.5, 0.6) is 0 Å². The Labute approximate surface area is 106 Å². The van der Waals surface area contributed by atoms with Crippen LogP contribution >= 0.6 is 0 Å². The van der Waals surface area contributed by atoms with E-state index < -0.39 is 0 Å². The minimum Gasteiger partial charge on any atom is -0.369 e. The third kappa shape index (κ3) is 2.83. The van der Waals surface area contributed by atoms with Crippen molar-refractivity contribution < 1.29 is 4.39 Å². The van der Waals surface area contributed by atoms with E-state index in [0.717, 1.165) is 18.5 Å². The molecule has 0 bridgehead atoms. The molecule has 0 fully saturated rings. The third-order valence-corrected chi connectivity index (χ3v) is 2.59. The second kappa shape index (κ2) is 5.58. The van der Waals surface area contributed by atoms with Crippen molar-refractivity contribution in [1.29, 1.82) is 0 Å². The number of aromatic nitrogens is 2. The van der Waals surface area contributed by atoms with E-state index in [0.29, 0.717) is 17.1 Å². The van der Waals surface area contributed by atoms with E-state index in [-0.39, 0.29) is 5.82 Å². The lowest BCUT2D eigenvalue weighted by atomic mass is 10.1. The van der Waals surface area contributed by atoms with Gasteiger partial charge in [-0.2, -0.15) is 0 Å². The molecule has 0 aliphatic heterocycles. The molecule has 0 aliphatic rings. The molecule has 1 aromatic carbocycles. The molecule has 1 heterocycles. The van der Waals surface area contributed by atoms with Crippen molar-refractivity contribution in [3.8, 4) is 11.3 Å². The number of halogens is 1. The lowest BCUT2D eigenvalue weighted by molar-refractivity contribution is 0.630. The standard InChI is InChI=1S/C14H16FN3/c1-3-6-17-14-9-16-8-13(18-14)11-7-10(2)4-5-12(11)15/h4-5,7-9H,3,6H2,1-2H3,(H,17,18). The minimum atomic E-state index is -0.275. The highest BCUT2D eigenvalue weighted by molar-refractivity contribution is 5.61. The number of hydrogen-bond donors (Lipinski definition) is 1. The van der Waals surface area contributed by atoms with Gasteiger partial charge in [-0.3, -0.25) is 4.98 Å².